The third-order valence-electron chi connectivity index (χ3n) is 4.55. The summed E-state index contributed by atoms with van der Waals surface area (Å²) in [5.74, 6) is 0.172. The summed E-state index contributed by atoms with van der Waals surface area (Å²) in [6.45, 7) is 3.84. The summed E-state index contributed by atoms with van der Waals surface area (Å²) in [5.41, 5.74) is 0.745. The average Bonchev–Trinajstić information content (AvgIpc) is 3.21. The molecule has 1 amide bonds. The lowest BCUT2D eigenvalue weighted by molar-refractivity contribution is -0.137. The van der Waals surface area contributed by atoms with Crippen molar-refractivity contribution in [2.75, 3.05) is 6.61 Å². The van der Waals surface area contributed by atoms with Crippen molar-refractivity contribution in [3.05, 3.63) is 71.2 Å². The molecule has 0 fully saturated rings. The van der Waals surface area contributed by atoms with E-state index in [-0.39, 0.29) is 30.8 Å². The molecule has 0 radical (unpaired) electrons. The first-order chi connectivity index (χ1) is 15.2. The number of carbonyl (C=O) groups is 1. The number of alkyl halides is 3. The second-order valence-electron chi connectivity index (χ2n) is 7.19. The van der Waals surface area contributed by atoms with Crippen LogP contribution in [0.25, 0.3) is 5.82 Å². The first-order valence-electron chi connectivity index (χ1n) is 9.69. The summed E-state index contributed by atoms with van der Waals surface area (Å²) in [4.78, 5) is 16.7. The maximum absolute atomic E-state index is 12.8. The molecule has 1 aromatic carbocycles. The second kappa shape index (κ2) is 9.51. The number of hydrogen-bond acceptors (Lipinski definition) is 5. The van der Waals surface area contributed by atoms with E-state index in [1.165, 1.54) is 16.9 Å². The third kappa shape index (κ3) is 5.24. The Morgan fingerprint density at radius 1 is 1.25 bits per heavy atom. The van der Waals surface area contributed by atoms with Crippen LogP contribution >= 0.6 is 0 Å². The Morgan fingerprint density at radius 2 is 2.03 bits per heavy atom. The summed E-state index contributed by atoms with van der Waals surface area (Å²) in [5, 5.41) is 15.6. The molecule has 2 heterocycles. The van der Waals surface area contributed by atoms with Gasteiger partial charge in [0.2, 0.25) is 0 Å². The number of nitrogens with zero attached hydrogens (tertiary/aromatic N) is 4. The summed E-state index contributed by atoms with van der Waals surface area (Å²) in [6.07, 6.45) is -2.38. The van der Waals surface area contributed by atoms with Crippen LogP contribution in [0, 0.1) is 11.3 Å². The first-order valence-corrected chi connectivity index (χ1v) is 9.69. The Bertz CT molecular complexity index is 1130. The number of amides is 1. The molecule has 3 rings (SSSR count). The van der Waals surface area contributed by atoms with Crippen molar-refractivity contribution in [2.24, 2.45) is 0 Å². The SMILES string of the molecule is CC(C)c1c(C(=O)NCc2cccc(OCC#N)c2)cnn1-c1ccc(C(F)(F)F)cn1. The fraction of sp³-hybridized carbons (Fsp3) is 0.273. The molecule has 0 spiro atoms. The van der Waals surface area contributed by atoms with Crippen LogP contribution in [0.5, 0.6) is 5.75 Å². The summed E-state index contributed by atoms with van der Waals surface area (Å²) >= 11 is 0. The maximum atomic E-state index is 12.8. The number of nitrogens with one attached hydrogen (secondary N) is 1. The van der Waals surface area contributed by atoms with Crippen LogP contribution in [0.3, 0.4) is 0 Å². The van der Waals surface area contributed by atoms with Gasteiger partial charge in [-0.3, -0.25) is 4.79 Å². The molecule has 10 heteroatoms. The number of ether oxygens (including phenoxy) is 1. The van der Waals surface area contributed by atoms with Gasteiger partial charge in [0.25, 0.3) is 5.91 Å². The predicted octanol–water partition coefficient (Wildman–Crippen LogP) is 4.24. The normalized spacial score (nSPS) is 11.3. The van der Waals surface area contributed by atoms with Gasteiger partial charge in [-0.15, -0.1) is 0 Å². The summed E-state index contributed by atoms with van der Waals surface area (Å²) < 4.78 is 45.1. The van der Waals surface area contributed by atoms with Crippen LogP contribution in [-0.2, 0) is 12.7 Å². The third-order valence-corrected chi connectivity index (χ3v) is 4.55. The molecular formula is C22H20F3N5O2. The van der Waals surface area contributed by atoms with E-state index in [0.717, 1.165) is 17.8 Å². The predicted molar refractivity (Wildman–Crippen MR) is 109 cm³/mol. The molecule has 0 bridgehead atoms. The van der Waals surface area contributed by atoms with Gasteiger partial charge in [-0.2, -0.15) is 23.5 Å². The number of carbonyl (C=O) groups excluding carboxylic acids is 1. The standard InChI is InChI=1S/C22H20F3N5O2/c1-14(2)20-18(13-29-30(20)19-7-6-16(12-27-19)22(23,24)25)21(31)28-11-15-4-3-5-17(10-15)32-9-8-26/h3-7,10,12-14H,9,11H2,1-2H3,(H,28,31). The zero-order valence-corrected chi connectivity index (χ0v) is 17.3. The Kier molecular flexibility index (Phi) is 6.78. The minimum absolute atomic E-state index is 0.0786. The van der Waals surface area contributed by atoms with Crippen LogP contribution in [-0.4, -0.2) is 27.3 Å². The Morgan fingerprint density at radius 3 is 2.66 bits per heavy atom. The van der Waals surface area contributed by atoms with Gasteiger partial charge in [-0.1, -0.05) is 26.0 Å². The van der Waals surface area contributed by atoms with Gasteiger partial charge in [-0.05, 0) is 35.7 Å². The Hall–Kier alpha value is -3.87. The highest BCUT2D eigenvalue weighted by Gasteiger charge is 2.31. The van der Waals surface area contributed by atoms with Gasteiger partial charge < -0.3 is 10.1 Å². The van der Waals surface area contributed by atoms with Crippen molar-refractivity contribution in [1.29, 1.82) is 5.26 Å². The quantitative estimate of drug-likeness (QED) is 0.590. The molecule has 0 saturated carbocycles. The Balaban J connectivity index is 1.79. The monoisotopic (exact) mass is 443 g/mol. The van der Waals surface area contributed by atoms with Gasteiger partial charge >= 0.3 is 6.18 Å². The molecule has 2 aromatic heterocycles. The lowest BCUT2D eigenvalue weighted by atomic mass is 10.1. The molecule has 0 aliphatic heterocycles. The van der Waals surface area contributed by atoms with E-state index in [9.17, 15) is 18.0 Å². The topological polar surface area (TPSA) is 92.8 Å². The maximum Gasteiger partial charge on any atom is 0.417 e. The highest BCUT2D eigenvalue weighted by Crippen LogP contribution is 2.29. The smallest absolute Gasteiger partial charge is 0.417 e. The number of pyridine rings is 1. The van der Waals surface area contributed by atoms with Gasteiger partial charge in [0, 0.05) is 12.7 Å². The molecule has 3 aromatic rings. The van der Waals surface area contributed by atoms with Crippen molar-refractivity contribution in [2.45, 2.75) is 32.5 Å². The van der Waals surface area contributed by atoms with Crippen LogP contribution < -0.4 is 10.1 Å². The molecule has 0 aliphatic carbocycles. The molecule has 0 unspecified atom stereocenters. The van der Waals surface area contributed by atoms with Crippen molar-refractivity contribution < 1.29 is 22.7 Å². The van der Waals surface area contributed by atoms with Crippen molar-refractivity contribution in [1.82, 2.24) is 20.1 Å². The molecule has 7 nitrogen and oxygen atoms in total. The fourth-order valence-corrected chi connectivity index (χ4v) is 3.09. The van der Waals surface area contributed by atoms with Crippen LogP contribution in [0.4, 0.5) is 13.2 Å². The van der Waals surface area contributed by atoms with E-state index in [4.69, 9.17) is 10.00 Å². The largest absolute Gasteiger partial charge is 0.479 e. The number of benzene rings is 1. The molecular weight excluding hydrogens is 423 g/mol. The molecule has 32 heavy (non-hydrogen) atoms. The Labute approximate surface area is 182 Å². The highest BCUT2D eigenvalue weighted by atomic mass is 19.4. The van der Waals surface area contributed by atoms with Crippen LogP contribution in [0.1, 0.15) is 46.9 Å². The van der Waals surface area contributed by atoms with Crippen molar-refractivity contribution in [3.63, 3.8) is 0 Å². The molecule has 0 atom stereocenters. The van der Waals surface area contributed by atoms with Gasteiger partial charge in [-0.25, -0.2) is 9.67 Å². The molecule has 0 aliphatic rings. The molecule has 166 valence electrons. The lowest BCUT2D eigenvalue weighted by Gasteiger charge is -2.13. The van der Waals surface area contributed by atoms with E-state index in [1.54, 1.807) is 24.3 Å². The van der Waals surface area contributed by atoms with Crippen molar-refractivity contribution >= 4 is 5.91 Å². The number of halogens is 3. The van der Waals surface area contributed by atoms with Gasteiger partial charge in [0.1, 0.15) is 11.8 Å². The summed E-state index contributed by atoms with van der Waals surface area (Å²) in [6, 6.07) is 11.0. The van der Waals surface area contributed by atoms with Crippen molar-refractivity contribution in [3.8, 4) is 17.6 Å². The van der Waals surface area contributed by atoms with Gasteiger partial charge in [0.15, 0.2) is 12.4 Å². The second-order valence-corrected chi connectivity index (χ2v) is 7.19. The number of aromatic nitrogens is 3. The van der Waals surface area contributed by atoms with Gasteiger partial charge in [0.05, 0.1) is 23.0 Å². The average molecular weight is 443 g/mol. The zero-order valence-electron chi connectivity index (χ0n) is 17.3. The zero-order chi connectivity index (χ0) is 23.3. The minimum atomic E-state index is -4.49. The number of rotatable bonds is 7. The molecule has 0 saturated heterocycles. The highest BCUT2D eigenvalue weighted by molar-refractivity contribution is 5.95. The van der Waals surface area contributed by atoms with E-state index in [0.29, 0.717) is 17.0 Å². The van der Waals surface area contributed by atoms with Crippen LogP contribution in [0.2, 0.25) is 0 Å². The number of hydrogen-bond donors (Lipinski definition) is 1. The molecule has 1 N–H and O–H groups in total. The minimum Gasteiger partial charge on any atom is -0.479 e. The number of nitriles is 1. The fourth-order valence-electron chi connectivity index (χ4n) is 3.09. The first kappa shape index (κ1) is 22.8. The van der Waals surface area contributed by atoms with E-state index >= 15 is 0 Å². The lowest BCUT2D eigenvalue weighted by Crippen LogP contribution is -2.24. The summed E-state index contributed by atoms with van der Waals surface area (Å²) in [7, 11) is 0. The van der Waals surface area contributed by atoms with E-state index in [2.05, 4.69) is 15.4 Å². The van der Waals surface area contributed by atoms with E-state index in [1.807, 2.05) is 19.9 Å². The van der Waals surface area contributed by atoms with Crippen LogP contribution in [0.15, 0.2) is 48.8 Å². The van der Waals surface area contributed by atoms with E-state index < -0.39 is 11.7 Å².